The van der Waals surface area contributed by atoms with Gasteiger partial charge in [0.1, 0.15) is 5.82 Å². The number of rotatable bonds is 5. The molecular weight excluding hydrogens is 298 g/mol. The van der Waals surface area contributed by atoms with E-state index in [0.717, 1.165) is 36.8 Å². The van der Waals surface area contributed by atoms with Gasteiger partial charge in [0.2, 0.25) is 5.91 Å². The molecule has 2 heterocycles. The topological polar surface area (TPSA) is 66.1 Å². The fourth-order valence-corrected chi connectivity index (χ4v) is 4.09. The first kappa shape index (κ1) is 15.6. The Balaban J connectivity index is 1.57. The molecule has 0 unspecified atom stereocenters. The van der Waals surface area contributed by atoms with E-state index in [0.29, 0.717) is 18.1 Å². The number of nitrogens with one attached hydrogen (secondary N) is 1. The van der Waals surface area contributed by atoms with Crippen LogP contribution in [0, 0.1) is 12.8 Å². The van der Waals surface area contributed by atoms with Crippen molar-refractivity contribution >= 4 is 17.7 Å². The molecule has 1 atom stereocenters. The summed E-state index contributed by atoms with van der Waals surface area (Å²) in [5, 5.41) is 0. The van der Waals surface area contributed by atoms with Gasteiger partial charge in [-0.1, -0.05) is 0 Å². The van der Waals surface area contributed by atoms with E-state index < -0.39 is 0 Å². The van der Waals surface area contributed by atoms with Crippen molar-refractivity contribution in [1.82, 2.24) is 14.9 Å². The summed E-state index contributed by atoms with van der Waals surface area (Å²) in [7, 11) is 0. The van der Waals surface area contributed by atoms with E-state index in [4.69, 9.17) is 0 Å². The van der Waals surface area contributed by atoms with Crippen LogP contribution in [0.2, 0.25) is 0 Å². The highest BCUT2D eigenvalue weighted by atomic mass is 32.2. The lowest BCUT2D eigenvalue weighted by atomic mass is 9.94. The zero-order valence-electron chi connectivity index (χ0n) is 13.0. The Morgan fingerprint density at radius 3 is 3.00 bits per heavy atom. The van der Waals surface area contributed by atoms with Crippen LogP contribution in [0.15, 0.2) is 10.9 Å². The first-order chi connectivity index (χ1) is 10.6. The number of aryl methyl sites for hydroxylation is 1. The predicted octanol–water partition coefficient (Wildman–Crippen LogP) is 1.93. The van der Waals surface area contributed by atoms with E-state index in [1.807, 2.05) is 4.90 Å². The van der Waals surface area contributed by atoms with E-state index in [-0.39, 0.29) is 17.4 Å². The van der Waals surface area contributed by atoms with Crippen LogP contribution in [0.1, 0.15) is 43.1 Å². The number of hydrogen-bond acceptors (Lipinski definition) is 4. The lowest BCUT2D eigenvalue weighted by Crippen LogP contribution is -2.40. The van der Waals surface area contributed by atoms with Gasteiger partial charge in [0.05, 0.1) is 11.4 Å². The maximum absolute atomic E-state index is 12.3. The Labute approximate surface area is 134 Å². The standard InChI is InChI=1S/C16H23N3O2S/c1-11-17-14(7-15(20)18-11)13-3-2-6-19(8-13)16(21)10-22-9-12-4-5-12/h7,12-13H,2-6,8-10H2,1H3,(H,17,18,20)/t13-/m0/s1. The lowest BCUT2D eigenvalue weighted by molar-refractivity contribution is -0.129. The summed E-state index contributed by atoms with van der Waals surface area (Å²) in [6.07, 6.45) is 4.65. The molecule has 1 saturated carbocycles. The Bertz CT molecular complexity index is 597. The normalized spacial score (nSPS) is 21.9. The maximum atomic E-state index is 12.3. The van der Waals surface area contributed by atoms with Crippen molar-refractivity contribution in [3.63, 3.8) is 0 Å². The number of aromatic amines is 1. The quantitative estimate of drug-likeness (QED) is 0.900. The van der Waals surface area contributed by atoms with Crippen LogP contribution in [-0.2, 0) is 4.79 Å². The van der Waals surface area contributed by atoms with Gasteiger partial charge in [-0.25, -0.2) is 4.98 Å². The third kappa shape index (κ3) is 4.12. The zero-order chi connectivity index (χ0) is 15.5. The fraction of sp³-hybridized carbons (Fsp3) is 0.688. The Morgan fingerprint density at radius 2 is 2.27 bits per heavy atom. The second-order valence-electron chi connectivity index (χ2n) is 6.39. The molecule has 1 aromatic rings. The molecule has 22 heavy (non-hydrogen) atoms. The first-order valence-corrected chi connectivity index (χ1v) is 9.20. The fourth-order valence-electron chi connectivity index (χ4n) is 2.95. The minimum atomic E-state index is -0.106. The van der Waals surface area contributed by atoms with Crippen LogP contribution < -0.4 is 5.56 Å². The molecule has 1 saturated heterocycles. The van der Waals surface area contributed by atoms with E-state index in [1.54, 1.807) is 24.8 Å². The number of H-pyrrole nitrogens is 1. The van der Waals surface area contributed by atoms with Crippen molar-refractivity contribution in [3.05, 3.63) is 27.9 Å². The van der Waals surface area contributed by atoms with Crippen molar-refractivity contribution in [2.24, 2.45) is 5.92 Å². The van der Waals surface area contributed by atoms with Gasteiger partial charge in [-0.15, -0.1) is 0 Å². The van der Waals surface area contributed by atoms with Crippen LogP contribution in [0.25, 0.3) is 0 Å². The van der Waals surface area contributed by atoms with E-state index in [2.05, 4.69) is 9.97 Å². The van der Waals surface area contributed by atoms with Gasteiger partial charge in [-0.05, 0) is 44.3 Å². The van der Waals surface area contributed by atoms with Crippen molar-refractivity contribution in [3.8, 4) is 0 Å². The summed E-state index contributed by atoms with van der Waals surface area (Å²) < 4.78 is 0. The highest BCUT2D eigenvalue weighted by Gasteiger charge is 2.27. The van der Waals surface area contributed by atoms with Crippen LogP contribution in [0.5, 0.6) is 0 Å². The molecule has 2 fully saturated rings. The number of carbonyl (C=O) groups is 1. The molecule has 1 aromatic heterocycles. The predicted molar refractivity (Wildman–Crippen MR) is 88.2 cm³/mol. The Hall–Kier alpha value is -1.30. The first-order valence-electron chi connectivity index (χ1n) is 8.05. The SMILES string of the molecule is Cc1nc([C@H]2CCCN(C(=O)CSCC3CC3)C2)cc(=O)[nH]1. The molecule has 5 nitrogen and oxygen atoms in total. The lowest BCUT2D eigenvalue weighted by Gasteiger charge is -2.32. The number of amides is 1. The van der Waals surface area contributed by atoms with Gasteiger partial charge in [0.15, 0.2) is 0 Å². The summed E-state index contributed by atoms with van der Waals surface area (Å²) in [6, 6.07) is 1.58. The Kier molecular flexibility index (Phi) is 4.86. The summed E-state index contributed by atoms with van der Waals surface area (Å²) in [5.41, 5.74) is 0.718. The van der Waals surface area contributed by atoms with Crippen molar-refractivity contribution in [2.45, 2.75) is 38.5 Å². The molecule has 0 aromatic carbocycles. The van der Waals surface area contributed by atoms with E-state index in [1.165, 1.54) is 12.8 Å². The Morgan fingerprint density at radius 1 is 1.45 bits per heavy atom. The van der Waals surface area contributed by atoms with Crippen molar-refractivity contribution < 1.29 is 4.79 Å². The summed E-state index contributed by atoms with van der Waals surface area (Å²) in [6.45, 7) is 3.32. The summed E-state index contributed by atoms with van der Waals surface area (Å²) in [5.74, 6) is 3.63. The minimum Gasteiger partial charge on any atom is -0.341 e. The number of carbonyl (C=O) groups excluding carboxylic acids is 1. The molecule has 2 aliphatic rings. The molecule has 120 valence electrons. The molecule has 1 N–H and O–H groups in total. The number of likely N-dealkylation sites (tertiary alicyclic amines) is 1. The van der Waals surface area contributed by atoms with Gasteiger partial charge in [-0.3, -0.25) is 9.59 Å². The number of hydrogen-bond donors (Lipinski definition) is 1. The molecule has 1 amide bonds. The molecule has 0 bridgehead atoms. The van der Waals surface area contributed by atoms with Gasteiger partial charge >= 0.3 is 0 Å². The molecule has 3 rings (SSSR count). The van der Waals surface area contributed by atoms with Crippen LogP contribution in [-0.4, -0.2) is 45.4 Å². The highest BCUT2D eigenvalue weighted by Crippen LogP contribution is 2.32. The number of nitrogens with zero attached hydrogens (tertiary/aromatic N) is 2. The van der Waals surface area contributed by atoms with E-state index >= 15 is 0 Å². The van der Waals surface area contributed by atoms with Gasteiger partial charge in [0, 0.05) is 25.1 Å². The van der Waals surface area contributed by atoms with Gasteiger partial charge in [-0.2, -0.15) is 11.8 Å². The number of thioether (sulfide) groups is 1. The van der Waals surface area contributed by atoms with Crippen LogP contribution in [0.4, 0.5) is 0 Å². The van der Waals surface area contributed by atoms with Crippen LogP contribution >= 0.6 is 11.8 Å². The highest BCUT2D eigenvalue weighted by molar-refractivity contribution is 7.99. The maximum Gasteiger partial charge on any atom is 0.251 e. The molecule has 1 aliphatic heterocycles. The van der Waals surface area contributed by atoms with Crippen LogP contribution in [0.3, 0.4) is 0 Å². The second kappa shape index (κ2) is 6.86. The average molecular weight is 321 g/mol. The number of piperidine rings is 1. The van der Waals surface area contributed by atoms with E-state index in [9.17, 15) is 9.59 Å². The largest absolute Gasteiger partial charge is 0.341 e. The average Bonchev–Trinajstić information content (AvgIpc) is 3.30. The molecule has 1 aliphatic carbocycles. The molecular formula is C16H23N3O2S. The van der Waals surface area contributed by atoms with Gasteiger partial charge in [0.25, 0.3) is 5.56 Å². The van der Waals surface area contributed by atoms with Gasteiger partial charge < -0.3 is 9.88 Å². The third-order valence-electron chi connectivity index (χ3n) is 4.35. The summed E-state index contributed by atoms with van der Waals surface area (Å²) in [4.78, 5) is 33.0. The third-order valence-corrected chi connectivity index (χ3v) is 5.51. The molecule has 0 spiro atoms. The van der Waals surface area contributed by atoms with Crippen molar-refractivity contribution in [2.75, 3.05) is 24.6 Å². The zero-order valence-corrected chi connectivity index (χ0v) is 13.8. The monoisotopic (exact) mass is 321 g/mol. The van der Waals surface area contributed by atoms with Crippen molar-refractivity contribution in [1.29, 1.82) is 0 Å². The number of aromatic nitrogens is 2. The minimum absolute atomic E-state index is 0.106. The molecule has 0 radical (unpaired) electrons. The second-order valence-corrected chi connectivity index (χ2v) is 7.42. The summed E-state index contributed by atoms with van der Waals surface area (Å²) >= 11 is 1.77. The molecule has 6 heteroatoms. The smallest absolute Gasteiger partial charge is 0.251 e.